The molecule has 0 aliphatic carbocycles. The molecule has 36 heavy (non-hydrogen) atoms. The van der Waals surface area contributed by atoms with Crippen molar-refractivity contribution >= 4 is 74.3 Å². The zero-order chi connectivity index (χ0) is 25.5. The predicted molar refractivity (Wildman–Crippen MR) is 155 cm³/mol. The molecule has 1 aliphatic rings. The number of unbranched alkanes of at least 4 members (excludes halogenated alkanes) is 2. The van der Waals surface area contributed by atoms with Crippen molar-refractivity contribution in [2.45, 2.75) is 39.0 Å². The fourth-order valence-corrected chi connectivity index (χ4v) is 6.08. The van der Waals surface area contributed by atoms with Crippen molar-refractivity contribution < 1.29 is 9.59 Å². The number of hydrogen-bond acceptors (Lipinski definition) is 6. The number of rotatable bonds is 10. The number of nitrogens with one attached hydrogen (secondary N) is 1. The maximum atomic E-state index is 12.7. The van der Waals surface area contributed by atoms with E-state index in [2.05, 4.69) is 41.5 Å². The highest BCUT2D eigenvalue weighted by Crippen LogP contribution is 2.33. The van der Waals surface area contributed by atoms with Crippen LogP contribution in [0, 0.1) is 6.92 Å². The first kappa shape index (κ1) is 26.5. The smallest absolute Gasteiger partial charge is 0.266 e. The summed E-state index contributed by atoms with van der Waals surface area (Å²) in [7, 11) is 0. The van der Waals surface area contributed by atoms with Gasteiger partial charge in [0, 0.05) is 35.5 Å². The summed E-state index contributed by atoms with van der Waals surface area (Å²) >= 11 is 14.2. The number of benzene rings is 2. The molecule has 0 saturated carbocycles. The number of thiazole rings is 1. The van der Waals surface area contributed by atoms with Crippen LogP contribution in [0.5, 0.6) is 0 Å². The molecule has 0 bridgehead atoms. The molecular weight excluding hydrogens is 530 g/mol. The standard InChI is InChI=1S/C27H26ClN3O2S3/c1-18-6-5-7-20(14-18)15-22-17-29-26(35-22)30-24(32)8-3-2-4-13-31-25(33)23(36-27(31)34)16-19-9-11-21(28)12-10-19/h5-7,9-12,14,16-17H,2-4,8,13,15H2,1H3,(H,29,30,32). The van der Waals surface area contributed by atoms with Crippen LogP contribution in [-0.2, 0) is 16.0 Å². The van der Waals surface area contributed by atoms with Gasteiger partial charge in [-0.2, -0.15) is 0 Å². The molecule has 186 valence electrons. The lowest BCUT2D eigenvalue weighted by molar-refractivity contribution is -0.122. The SMILES string of the molecule is Cc1cccc(Cc2cnc(NC(=O)CCCCCN3C(=O)C(=Cc4ccc(Cl)cc4)SC3=S)s2)c1. The van der Waals surface area contributed by atoms with E-state index in [1.165, 1.54) is 34.2 Å². The van der Waals surface area contributed by atoms with E-state index in [4.69, 9.17) is 23.8 Å². The van der Waals surface area contributed by atoms with E-state index in [9.17, 15) is 9.59 Å². The summed E-state index contributed by atoms with van der Waals surface area (Å²) in [4.78, 5) is 32.8. The number of anilines is 1. The highest BCUT2D eigenvalue weighted by molar-refractivity contribution is 8.26. The van der Waals surface area contributed by atoms with Crippen LogP contribution in [0.15, 0.2) is 59.6 Å². The number of thiocarbonyl (C=S) groups is 1. The molecular formula is C27H26ClN3O2S3. The second-order valence-corrected chi connectivity index (χ2v) is 11.8. The average Bonchev–Trinajstić information content (AvgIpc) is 3.38. The lowest BCUT2D eigenvalue weighted by Gasteiger charge is -2.14. The molecule has 1 aliphatic heterocycles. The minimum Gasteiger partial charge on any atom is -0.302 e. The van der Waals surface area contributed by atoms with Crippen LogP contribution in [0.25, 0.3) is 6.08 Å². The summed E-state index contributed by atoms with van der Waals surface area (Å²) in [5, 5.41) is 4.19. The molecule has 0 radical (unpaired) electrons. The lowest BCUT2D eigenvalue weighted by Crippen LogP contribution is -2.29. The third kappa shape index (κ3) is 7.49. The van der Waals surface area contributed by atoms with Crippen LogP contribution < -0.4 is 5.32 Å². The number of aromatic nitrogens is 1. The van der Waals surface area contributed by atoms with E-state index in [-0.39, 0.29) is 11.8 Å². The molecule has 1 N–H and O–H groups in total. The van der Waals surface area contributed by atoms with Crippen molar-refractivity contribution in [1.82, 2.24) is 9.88 Å². The summed E-state index contributed by atoms with van der Waals surface area (Å²) in [5.41, 5.74) is 3.38. The number of nitrogens with zero attached hydrogens (tertiary/aromatic N) is 2. The Morgan fingerprint density at radius 2 is 1.97 bits per heavy atom. The van der Waals surface area contributed by atoms with Crippen LogP contribution in [-0.4, -0.2) is 32.6 Å². The Balaban J connectivity index is 1.17. The summed E-state index contributed by atoms with van der Waals surface area (Å²) in [6.45, 7) is 2.63. The number of amides is 2. The van der Waals surface area contributed by atoms with Crippen LogP contribution in [0.2, 0.25) is 5.02 Å². The zero-order valence-electron chi connectivity index (χ0n) is 19.8. The third-order valence-corrected chi connectivity index (χ3v) is 8.13. The van der Waals surface area contributed by atoms with Crippen LogP contribution in [0.4, 0.5) is 5.13 Å². The predicted octanol–water partition coefficient (Wildman–Crippen LogP) is 7.10. The van der Waals surface area contributed by atoms with Gasteiger partial charge in [0.25, 0.3) is 5.91 Å². The van der Waals surface area contributed by atoms with Gasteiger partial charge in [-0.25, -0.2) is 4.98 Å². The number of aryl methyl sites for hydroxylation is 1. The maximum Gasteiger partial charge on any atom is 0.266 e. The molecule has 2 aromatic carbocycles. The van der Waals surface area contributed by atoms with Gasteiger partial charge < -0.3 is 5.32 Å². The van der Waals surface area contributed by atoms with Gasteiger partial charge in [0.2, 0.25) is 5.91 Å². The van der Waals surface area contributed by atoms with Gasteiger partial charge in [-0.15, -0.1) is 11.3 Å². The first-order valence-corrected chi connectivity index (χ1v) is 14.1. The molecule has 2 amide bonds. The van der Waals surface area contributed by atoms with E-state index in [0.29, 0.717) is 32.3 Å². The molecule has 4 rings (SSSR count). The van der Waals surface area contributed by atoms with Gasteiger partial charge in [0.05, 0.1) is 4.91 Å². The average molecular weight is 556 g/mol. The number of carbonyl (C=O) groups excluding carboxylic acids is 2. The fraction of sp³-hybridized carbons (Fsp3) is 0.259. The van der Waals surface area contributed by atoms with Crippen molar-refractivity contribution in [3.05, 3.63) is 86.2 Å². The number of thioether (sulfide) groups is 1. The summed E-state index contributed by atoms with van der Waals surface area (Å²) < 4.78 is 0.572. The van der Waals surface area contributed by atoms with E-state index in [1.807, 2.05) is 24.4 Å². The summed E-state index contributed by atoms with van der Waals surface area (Å²) in [6.07, 6.45) is 7.24. The first-order chi connectivity index (χ1) is 17.4. The minimum atomic E-state index is -0.0667. The molecule has 1 aromatic heterocycles. The summed E-state index contributed by atoms with van der Waals surface area (Å²) in [5.74, 6) is -0.106. The topological polar surface area (TPSA) is 62.3 Å². The Hall–Kier alpha value is -2.52. The fourth-order valence-electron chi connectivity index (χ4n) is 3.79. The van der Waals surface area contributed by atoms with Crippen LogP contribution in [0.1, 0.15) is 47.3 Å². The van der Waals surface area contributed by atoms with E-state index in [0.717, 1.165) is 36.1 Å². The normalized spacial score (nSPS) is 14.6. The van der Waals surface area contributed by atoms with E-state index in [1.54, 1.807) is 17.0 Å². The van der Waals surface area contributed by atoms with Crippen molar-refractivity contribution in [2.24, 2.45) is 0 Å². The molecule has 0 unspecified atom stereocenters. The highest BCUT2D eigenvalue weighted by atomic mass is 35.5. The van der Waals surface area contributed by atoms with E-state index < -0.39 is 0 Å². The summed E-state index contributed by atoms with van der Waals surface area (Å²) in [6, 6.07) is 15.7. The quantitative estimate of drug-likeness (QED) is 0.164. The number of hydrogen-bond donors (Lipinski definition) is 1. The molecule has 0 atom stereocenters. The molecule has 1 saturated heterocycles. The zero-order valence-corrected chi connectivity index (χ0v) is 23.0. The van der Waals surface area contributed by atoms with Crippen molar-refractivity contribution in [1.29, 1.82) is 0 Å². The third-order valence-electron chi connectivity index (χ3n) is 5.59. The Labute approximate surface area is 230 Å². The van der Waals surface area contributed by atoms with Gasteiger partial charge in [-0.1, -0.05) is 84.0 Å². The second-order valence-electron chi connectivity index (χ2n) is 8.54. The highest BCUT2D eigenvalue weighted by Gasteiger charge is 2.31. The lowest BCUT2D eigenvalue weighted by atomic mass is 10.1. The van der Waals surface area contributed by atoms with Crippen LogP contribution in [0.3, 0.4) is 0 Å². The van der Waals surface area contributed by atoms with Crippen molar-refractivity contribution in [2.75, 3.05) is 11.9 Å². The van der Waals surface area contributed by atoms with Gasteiger partial charge in [-0.05, 0) is 49.1 Å². The Bertz CT molecular complexity index is 1290. The minimum absolute atomic E-state index is 0.0389. The monoisotopic (exact) mass is 555 g/mol. The molecule has 0 spiro atoms. The Morgan fingerprint density at radius 3 is 2.75 bits per heavy atom. The Morgan fingerprint density at radius 1 is 1.17 bits per heavy atom. The Kier molecular flexibility index (Phi) is 9.31. The number of carbonyl (C=O) groups is 2. The van der Waals surface area contributed by atoms with Crippen LogP contribution >= 0.6 is 46.9 Å². The van der Waals surface area contributed by atoms with Crippen molar-refractivity contribution in [3.8, 4) is 0 Å². The molecule has 1 fully saturated rings. The molecule has 2 heterocycles. The van der Waals surface area contributed by atoms with Gasteiger partial charge in [0.15, 0.2) is 5.13 Å². The largest absolute Gasteiger partial charge is 0.302 e. The van der Waals surface area contributed by atoms with Gasteiger partial charge >= 0.3 is 0 Å². The number of halogens is 1. The molecule has 5 nitrogen and oxygen atoms in total. The molecule has 9 heteroatoms. The van der Waals surface area contributed by atoms with Gasteiger partial charge in [0.1, 0.15) is 4.32 Å². The van der Waals surface area contributed by atoms with E-state index >= 15 is 0 Å². The first-order valence-electron chi connectivity index (χ1n) is 11.7. The van der Waals surface area contributed by atoms with Gasteiger partial charge in [-0.3, -0.25) is 14.5 Å². The maximum absolute atomic E-state index is 12.7. The second kappa shape index (κ2) is 12.6. The van der Waals surface area contributed by atoms with Crippen molar-refractivity contribution in [3.63, 3.8) is 0 Å². The molecule has 3 aromatic rings.